The number of rotatable bonds is 0. The Morgan fingerprint density at radius 3 is 2.60 bits per heavy atom. The first-order valence-corrected chi connectivity index (χ1v) is 4.79. The summed E-state index contributed by atoms with van der Waals surface area (Å²) in [4.78, 5) is 0. The molecule has 0 bridgehead atoms. The van der Waals surface area contributed by atoms with E-state index in [1.165, 1.54) is 10.8 Å². The predicted octanol–water partition coefficient (Wildman–Crippen LogP) is 3.86. The average Bonchev–Trinajstić information content (AvgIpc) is 2.92. The quantitative estimate of drug-likeness (QED) is 0.474. The van der Waals surface area contributed by atoms with Crippen molar-refractivity contribution in [2.45, 2.75) is 6.42 Å². The molecule has 0 radical (unpaired) electrons. The molecule has 0 amide bonds. The van der Waals surface area contributed by atoms with Gasteiger partial charge in [0, 0.05) is 0 Å². The topological polar surface area (TPSA) is 0 Å². The molecule has 0 unspecified atom stereocenters. The Morgan fingerprint density at radius 1 is 1.13 bits per heavy atom. The van der Waals surface area contributed by atoms with Crippen LogP contribution in [0.3, 0.4) is 0 Å². The van der Waals surface area contributed by atoms with Crippen LogP contribution in [0.1, 0.15) is 6.42 Å². The first-order chi connectivity index (χ1) is 6.97. The van der Waals surface area contributed by atoms with Crippen LogP contribution in [-0.2, 0) is 21.7 Å². The summed E-state index contributed by atoms with van der Waals surface area (Å²) < 4.78 is 0. The molecule has 15 heavy (non-hydrogen) atoms. The van der Waals surface area contributed by atoms with Gasteiger partial charge in [-0.1, -0.05) is 6.07 Å². The molecular weight excluding hydrogens is 216 g/mol. The van der Waals surface area contributed by atoms with Gasteiger partial charge in [0.2, 0.25) is 0 Å². The maximum atomic E-state index is 2.99. The number of fused-ring (bicyclic) bond motifs is 1. The van der Waals surface area contributed by atoms with Crippen molar-refractivity contribution in [2.24, 2.45) is 0 Å². The van der Waals surface area contributed by atoms with Crippen molar-refractivity contribution >= 4 is 10.8 Å². The van der Waals surface area contributed by atoms with E-state index in [2.05, 4.69) is 54.6 Å². The third kappa shape index (κ3) is 3.58. The fourth-order valence-corrected chi connectivity index (χ4v) is 1.41. The van der Waals surface area contributed by atoms with Gasteiger partial charge in [0.1, 0.15) is 0 Å². The van der Waals surface area contributed by atoms with Gasteiger partial charge in [0.15, 0.2) is 0 Å². The summed E-state index contributed by atoms with van der Waals surface area (Å²) >= 11 is 0. The van der Waals surface area contributed by atoms with Crippen molar-refractivity contribution in [1.29, 1.82) is 0 Å². The fourth-order valence-electron chi connectivity index (χ4n) is 1.41. The molecule has 0 aromatic heterocycles. The van der Waals surface area contributed by atoms with E-state index in [0.717, 1.165) is 6.42 Å². The van der Waals surface area contributed by atoms with E-state index in [1.54, 1.807) is 0 Å². The zero-order valence-electron chi connectivity index (χ0n) is 8.48. The Morgan fingerprint density at radius 2 is 2.00 bits per heavy atom. The molecule has 0 spiro atoms. The summed E-state index contributed by atoms with van der Waals surface area (Å²) in [6, 6.07) is 14.7. The van der Waals surface area contributed by atoms with Gasteiger partial charge in [0.05, 0.1) is 0 Å². The second-order valence-electron chi connectivity index (χ2n) is 3.16. The van der Waals surface area contributed by atoms with E-state index in [0.29, 0.717) is 0 Å². The van der Waals surface area contributed by atoms with Crippen molar-refractivity contribution in [2.75, 3.05) is 0 Å². The average molecular weight is 228 g/mol. The summed E-state index contributed by atoms with van der Waals surface area (Å²) in [5, 5.41) is 2.66. The number of hydrogen-bond acceptors (Lipinski definition) is 0. The minimum atomic E-state index is 0. The van der Waals surface area contributed by atoms with Gasteiger partial charge in [-0.25, -0.2) is 12.2 Å². The molecule has 0 fully saturated rings. The summed E-state index contributed by atoms with van der Waals surface area (Å²) in [7, 11) is 0. The number of benzene rings is 1. The first kappa shape index (κ1) is 12.1. The molecule has 1 aliphatic carbocycles. The van der Waals surface area contributed by atoms with Gasteiger partial charge in [0.25, 0.3) is 0 Å². The predicted molar refractivity (Wildman–Crippen MR) is 61.1 cm³/mol. The van der Waals surface area contributed by atoms with Gasteiger partial charge in [-0.3, -0.25) is 6.08 Å². The second-order valence-corrected chi connectivity index (χ2v) is 3.16. The molecule has 2 aromatic rings. The van der Waals surface area contributed by atoms with Crippen LogP contribution < -0.4 is 0 Å². The summed E-state index contributed by atoms with van der Waals surface area (Å²) in [5.41, 5.74) is 0. The molecule has 0 saturated heterocycles. The zero-order chi connectivity index (χ0) is 9.64. The number of allylic oxidation sites excluding steroid dienone is 4. The van der Waals surface area contributed by atoms with E-state index in [-0.39, 0.29) is 21.7 Å². The van der Waals surface area contributed by atoms with Crippen LogP contribution in [0.25, 0.3) is 10.8 Å². The minimum absolute atomic E-state index is 0. The zero-order valence-corrected chi connectivity index (χ0v) is 10.0. The van der Waals surface area contributed by atoms with Crippen LogP contribution in [-0.4, -0.2) is 0 Å². The minimum Gasteiger partial charge on any atom is -0.273 e. The molecule has 2 aromatic carbocycles. The van der Waals surface area contributed by atoms with Crippen molar-refractivity contribution in [3.05, 3.63) is 66.8 Å². The van der Waals surface area contributed by atoms with Gasteiger partial charge in [-0.15, -0.1) is 36.1 Å². The molecule has 0 nitrogen and oxygen atoms in total. The summed E-state index contributed by atoms with van der Waals surface area (Å²) in [6.45, 7) is 0. The number of hydrogen-bond donors (Lipinski definition) is 0. The van der Waals surface area contributed by atoms with E-state index in [4.69, 9.17) is 0 Å². The van der Waals surface area contributed by atoms with Gasteiger partial charge in [-0.2, -0.15) is 23.6 Å². The normalized spacial score (nSPS) is 12.0. The Bertz CT molecular complexity index is 409. The van der Waals surface area contributed by atoms with E-state index in [1.807, 2.05) is 12.2 Å². The van der Waals surface area contributed by atoms with Crippen LogP contribution >= 0.6 is 0 Å². The monoisotopic (exact) mass is 228 g/mol. The molecule has 0 atom stereocenters. The molecule has 0 N–H and O–H groups in total. The van der Waals surface area contributed by atoms with Gasteiger partial charge in [-0.05, 0) is 0 Å². The maximum absolute atomic E-state index is 2.99. The first-order valence-electron chi connectivity index (χ1n) is 4.79. The smallest absolute Gasteiger partial charge is 0.273 e. The van der Waals surface area contributed by atoms with E-state index < -0.39 is 0 Å². The van der Waals surface area contributed by atoms with Crippen molar-refractivity contribution in [1.82, 2.24) is 0 Å². The van der Waals surface area contributed by atoms with E-state index >= 15 is 0 Å². The molecule has 1 heteroatoms. The second kappa shape index (κ2) is 6.50. The Kier molecular flexibility index (Phi) is 5.24. The summed E-state index contributed by atoms with van der Waals surface area (Å²) in [6.07, 6.45) is 10.0. The third-order valence-electron chi connectivity index (χ3n) is 2.13. The van der Waals surface area contributed by atoms with Gasteiger partial charge < -0.3 is 0 Å². The molecule has 0 aliphatic heterocycles. The summed E-state index contributed by atoms with van der Waals surface area (Å²) in [5.74, 6) is 0. The molecule has 0 heterocycles. The molecule has 1 aliphatic rings. The van der Waals surface area contributed by atoms with Crippen molar-refractivity contribution in [3.63, 3.8) is 0 Å². The van der Waals surface area contributed by atoms with Crippen LogP contribution in [0.5, 0.6) is 0 Å². The standard InChI is InChI=1S/C9H7.C5H5.Ti/c1-2-5-9-7-3-6-8(9)4-1;1-2-4-5-3-1;/h1-7H;1-3H,4H2;/q2*-1;+2. The Labute approximate surface area is 106 Å². The largest absolute Gasteiger partial charge is 2.00 e. The van der Waals surface area contributed by atoms with Crippen molar-refractivity contribution < 1.29 is 21.7 Å². The van der Waals surface area contributed by atoms with Crippen LogP contribution in [0.4, 0.5) is 0 Å². The molecular formula is C14H12Ti. The van der Waals surface area contributed by atoms with Crippen LogP contribution in [0.15, 0.2) is 60.7 Å². The van der Waals surface area contributed by atoms with Gasteiger partial charge >= 0.3 is 21.7 Å². The van der Waals surface area contributed by atoms with Crippen LogP contribution in [0.2, 0.25) is 0 Å². The Balaban J connectivity index is 0.000000162. The van der Waals surface area contributed by atoms with Crippen molar-refractivity contribution in [3.8, 4) is 0 Å². The SMILES string of the molecule is [C-]1=CC=CC1.[Ti+2].c1ccc2[cH-]ccc2c1. The molecule has 3 rings (SSSR count). The molecule has 72 valence electrons. The Hall–Kier alpha value is -0.976. The van der Waals surface area contributed by atoms with E-state index in [9.17, 15) is 0 Å². The van der Waals surface area contributed by atoms with Crippen LogP contribution in [0, 0.1) is 6.08 Å². The fraction of sp³-hybridized carbons (Fsp3) is 0.0714. The third-order valence-corrected chi connectivity index (χ3v) is 2.13. The maximum Gasteiger partial charge on any atom is 2.00 e. The molecule has 0 saturated carbocycles.